The van der Waals surface area contributed by atoms with Crippen LogP contribution in [0, 0.1) is 0 Å². The number of sulfonamides is 1. The molecule has 0 aliphatic carbocycles. The van der Waals surface area contributed by atoms with Crippen molar-refractivity contribution < 1.29 is 27.4 Å². The van der Waals surface area contributed by atoms with E-state index in [1.165, 1.54) is 14.2 Å². The molecular weight excluding hydrogens is 639 g/mol. The number of benzene rings is 3. The van der Waals surface area contributed by atoms with Crippen molar-refractivity contribution in [1.82, 2.24) is 4.72 Å². The molecule has 0 radical (unpaired) electrons. The van der Waals surface area contributed by atoms with Gasteiger partial charge in [0.15, 0.2) is 8.32 Å². The SMILES string of the molecule is COc1ccccc1C(O)(c1ccccc1OC)C(NS(=O)(=O)c1c(C(C)C)cc(C(C)C)cc1C(C)C)C(C)O[Si](C)(C)C(C)(C)C. The maximum absolute atomic E-state index is 15.1. The van der Waals surface area contributed by atoms with Crippen LogP contribution in [0.4, 0.5) is 0 Å². The summed E-state index contributed by atoms with van der Waals surface area (Å²) in [4.78, 5) is 0.254. The minimum atomic E-state index is -4.28. The Labute approximate surface area is 291 Å². The lowest BCUT2D eigenvalue weighted by Gasteiger charge is -2.45. The molecule has 0 saturated carbocycles. The van der Waals surface area contributed by atoms with Crippen LogP contribution in [0.25, 0.3) is 0 Å². The zero-order valence-corrected chi connectivity index (χ0v) is 33.4. The molecule has 2 N–H and O–H groups in total. The van der Waals surface area contributed by atoms with Crippen molar-refractivity contribution in [3.05, 3.63) is 88.5 Å². The van der Waals surface area contributed by atoms with Crippen LogP contribution >= 0.6 is 0 Å². The van der Waals surface area contributed by atoms with E-state index in [0.717, 1.165) is 16.7 Å². The van der Waals surface area contributed by atoms with Crippen molar-refractivity contribution in [3.63, 3.8) is 0 Å². The first-order chi connectivity index (χ1) is 22.1. The van der Waals surface area contributed by atoms with E-state index < -0.39 is 36.1 Å². The molecule has 9 heteroatoms. The number of methoxy groups -OCH3 is 2. The second-order valence-electron chi connectivity index (χ2n) is 15.3. The van der Waals surface area contributed by atoms with E-state index in [9.17, 15) is 5.11 Å². The van der Waals surface area contributed by atoms with Crippen molar-refractivity contribution in [1.29, 1.82) is 0 Å². The van der Waals surface area contributed by atoms with Gasteiger partial charge in [0.25, 0.3) is 0 Å². The van der Waals surface area contributed by atoms with Gasteiger partial charge in [0, 0.05) is 11.1 Å². The second kappa shape index (κ2) is 15.0. The van der Waals surface area contributed by atoms with Gasteiger partial charge >= 0.3 is 0 Å². The number of ether oxygens (including phenoxy) is 2. The molecule has 2 atom stereocenters. The minimum Gasteiger partial charge on any atom is -0.496 e. The zero-order chi connectivity index (χ0) is 36.4. The van der Waals surface area contributed by atoms with Crippen LogP contribution in [0.15, 0.2) is 65.6 Å². The fraction of sp³-hybridized carbons (Fsp3) is 0.538. The molecule has 0 fully saturated rings. The van der Waals surface area contributed by atoms with Crippen LogP contribution in [0.2, 0.25) is 18.1 Å². The quantitative estimate of drug-likeness (QED) is 0.163. The Hall–Kier alpha value is -2.69. The molecule has 0 aromatic heterocycles. The third-order valence-electron chi connectivity index (χ3n) is 9.87. The summed E-state index contributed by atoms with van der Waals surface area (Å²) in [7, 11) is -3.70. The Morgan fingerprint density at radius 2 is 1.15 bits per heavy atom. The second-order valence-corrected chi connectivity index (χ2v) is 21.7. The summed E-state index contributed by atoms with van der Waals surface area (Å²) in [5.74, 6) is 0.879. The molecule has 48 heavy (non-hydrogen) atoms. The highest BCUT2D eigenvalue weighted by molar-refractivity contribution is 7.89. The van der Waals surface area contributed by atoms with Gasteiger partial charge in [-0.05, 0) is 71.6 Å². The molecule has 0 amide bonds. The molecule has 0 bridgehead atoms. The van der Waals surface area contributed by atoms with Gasteiger partial charge in [0.05, 0.1) is 31.3 Å². The van der Waals surface area contributed by atoms with Gasteiger partial charge in [0.2, 0.25) is 10.0 Å². The zero-order valence-electron chi connectivity index (χ0n) is 31.6. The number of aliphatic hydroxyl groups is 1. The Balaban J connectivity index is 2.49. The number of para-hydroxylation sites is 2. The fourth-order valence-electron chi connectivity index (χ4n) is 6.06. The summed E-state index contributed by atoms with van der Waals surface area (Å²) < 4.78 is 51.9. The Kier molecular flexibility index (Phi) is 12.5. The lowest BCUT2D eigenvalue weighted by Crippen LogP contribution is -2.60. The molecule has 3 aromatic rings. The van der Waals surface area contributed by atoms with Crippen molar-refractivity contribution in [2.75, 3.05) is 14.2 Å². The predicted octanol–water partition coefficient (Wildman–Crippen LogP) is 9.07. The van der Waals surface area contributed by atoms with E-state index >= 15 is 8.42 Å². The number of hydrogen-bond donors (Lipinski definition) is 2. The van der Waals surface area contributed by atoms with E-state index in [1.54, 1.807) is 24.3 Å². The van der Waals surface area contributed by atoms with Crippen molar-refractivity contribution in [2.45, 2.75) is 128 Å². The summed E-state index contributed by atoms with van der Waals surface area (Å²) in [5, 5.41) is 13.3. The van der Waals surface area contributed by atoms with Gasteiger partial charge in [-0.3, -0.25) is 0 Å². The molecule has 3 aromatic carbocycles. The average molecular weight is 698 g/mol. The molecule has 2 unspecified atom stereocenters. The number of rotatable bonds is 14. The van der Waals surface area contributed by atoms with Gasteiger partial charge in [-0.15, -0.1) is 0 Å². The van der Waals surface area contributed by atoms with E-state index in [1.807, 2.05) is 71.0 Å². The van der Waals surface area contributed by atoms with Crippen molar-refractivity contribution in [2.24, 2.45) is 0 Å². The van der Waals surface area contributed by atoms with Gasteiger partial charge in [-0.1, -0.05) is 111 Å². The van der Waals surface area contributed by atoms with E-state index in [-0.39, 0.29) is 27.7 Å². The summed E-state index contributed by atoms with van der Waals surface area (Å²) in [6.45, 7) is 24.8. The third kappa shape index (κ3) is 8.02. The molecule has 7 nitrogen and oxygen atoms in total. The molecule has 0 aliphatic rings. The standard InChI is InChI=1S/C39H59NO6SSi/c1-25(2)29-23-30(26(3)4)36(31(24-29)27(5)6)47(42,43)40-37(28(7)46-48(13,14)38(8,9)10)39(41,32-19-15-17-21-34(32)44-11)33-20-16-18-22-35(33)45-12/h15-28,37,40-41H,1-14H3. The van der Waals surface area contributed by atoms with E-state index in [2.05, 4.69) is 52.4 Å². The van der Waals surface area contributed by atoms with Crippen LogP contribution < -0.4 is 14.2 Å². The van der Waals surface area contributed by atoms with E-state index in [4.69, 9.17) is 13.9 Å². The molecule has 0 saturated heterocycles. The number of nitrogens with one attached hydrogen (secondary N) is 1. The third-order valence-corrected chi connectivity index (χ3v) is 16.0. The van der Waals surface area contributed by atoms with Gasteiger partial charge < -0.3 is 19.0 Å². The Morgan fingerprint density at radius 3 is 1.50 bits per heavy atom. The molecule has 3 rings (SSSR count). The highest BCUT2D eigenvalue weighted by Gasteiger charge is 2.51. The van der Waals surface area contributed by atoms with Crippen LogP contribution in [0.5, 0.6) is 11.5 Å². The molecule has 0 aliphatic heterocycles. The van der Waals surface area contributed by atoms with Gasteiger partial charge in [0.1, 0.15) is 17.1 Å². The maximum atomic E-state index is 15.1. The highest BCUT2D eigenvalue weighted by atomic mass is 32.2. The lowest BCUT2D eigenvalue weighted by molar-refractivity contribution is -0.00566. The average Bonchev–Trinajstić information content (AvgIpc) is 3.01. The van der Waals surface area contributed by atoms with Crippen LogP contribution in [-0.4, -0.2) is 48.2 Å². The number of hydrogen-bond acceptors (Lipinski definition) is 6. The van der Waals surface area contributed by atoms with E-state index in [0.29, 0.717) is 22.6 Å². The van der Waals surface area contributed by atoms with Gasteiger partial charge in [-0.25, -0.2) is 13.1 Å². The summed E-state index contributed by atoms with van der Waals surface area (Å²) in [5.41, 5.74) is 1.35. The first-order valence-electron chi connectivity index (χ1n) is 17.0. The van der Waals surface area contributed by atoms with Gasteiger partial charge in [-0.2, -0.15) is 0 Å². The normalized spacial score (nSPS) is 14.5. The topological polar surface area (TPSA) is 94.1 Å². The molecule has 266 valence electrons. The first kappa shape index (κ1) is 39.7. The lowest BCUT2D eigenvalue weighted by atomic mass is 9.77. The van der Waals surface area contributed by atoms with Crippen LogP contribution in [0.3, 0.4) is 0 Å². The largest absolute Gasteiger partial charge is 0.496 e. The molecular formula is C39H59NO6SSi. The monoisotopic (exact) mass is 697 g/mol. The van der Waals surface area contributed by atoms with Crippen LogP contribution in [0.1, 0.15) is 115 Å². The smallest absolute Gasteiger partial charge is 0.241 e. The van der Waals surface area contributed by atoms with Crippen molar-refractivity contribution >= 4 is 18.3 Å². The summed E-state index contributed by atoms with van der Waals surface area (Å²) >= 11 is 0. The summed E-state index contributed by atoms with van der Waals surface area (Å²) in [6, 6.07) is 17.1. The fourth-order valence-corrected chi connectivity index (χ4v) is 9.50. The highest BCUT2D eigenvalue weighted by Crippen LogP contribution is 2.46. The maximum Gasteiger partial charge on any atom is 0.241 e. The molecule has 0 spiro atoms. The first-order valence-corrected chi connectivity index (χ1v) is 21.4. The Morgan fingerprint density at radius 1 is 0.729 bits per heavy atom. The van der Waals surface area contributed by atoms with Crippen LogP contribution in [-0.2, 0) is 20.1 Å². The summed E-state index contributed by atoms with van der Waals surface area (Å²) in [6.07, 6.45) is -0.791. The Bertz CT molecular complexity index is 1580. The predicted molar refractivity (Wildman–Crippen MR) is 200 cm³/mol. The van der Waals surface area contributed by atoms with Crippen molar-refractivity contribution in [3.8, 4) is 11.5 Å². The minimum absolute atomic E-state index is 0.0746. The molecule has 0 heterocycles.